The molecule has 0 bridgehead atoms. The fourth-order valence-corrected chi connectivity index (χ4v) is 11.0. The second-order valence-electron chi connectivity index (χ2n) is 25.8. The third-order valence-corrected chi connectivity index (χ3v) is 15.9. The summed E-state index contributed by atoms with van der Waals surface area (Å²) >= 11 is 0. The molecule has 14 aromatic rings. The number of carbonyl (C=O) groups excluding carboxylic acids is 3. The molecule has 0 aliphatic heterocycles. The van der Waals surface area contributed by atoms with Crippen molar-refractivity contribution < 1.29 is 123 Å². The minimum absolute atomic E-state index is 0. The summed E-state index contributed by atoms with van der Waals surface area (Å²) in [5.41, 5.74) is 17.9. The van der Waals surface area contributed by atoms with Gasteiger partial charge in [-0.3, -0.25) is 34.3 Å². The molecule has 4 heterocycles. The van der Waals surface area contributed by atoms with Crippen molar-refractivity contribution in [2.75, 3.05) is 0 Å². The summed E-state index contributed by atoms with van der Waals surface area (Å²) in [5, 5.41) is 30.6. The zero-order valence-electron chi connectivity index (χ0n) is 62.1. The number of rotatable bonds is 8. The van der Waals surface area contributed by atoms with Gasteiger partial charge < -0.3 is 15.3 Å². The molecule has 10 nitrogen and oxygen atoms in total. The molecule has 0 fully saturated rings. The van der Waals surface area contributed by atoms with Gasteiger partial charge in [-0.25, -0.2) is 13.2 Å². The molecule has 566 valence electrons. The summed E-state index contributed by atoms with van der Waals surface area (Å²) in [6.45, 7) is 21.6. The van der Waals surface area contributed by atoms with E-state index in [1.165, 1.54) is 121 Å². The Hall–Kier alpha value is -9.88. The summed E-state index contributed by atoms with van der Waals surface area (Å²) in [5.74, 6) is -3.33. The predicted molar refractivity (Wildman–Crippen MR) is 421 cm³/mol. The minimum atomic E-state index is -1.22. The van der Waals surface area contributed by atoms with Crippen LogP contribution >= 0.6 is 0 Å². The van der Waals surface area contributed by atoms with E-state index >= 15 is 0 Å². The molecule has 109 heavy (non-hydrogen) atoms. The average molecular weight is 2160 g/mol. The fourth-order valence-electron chi connectivity index (χ4n) is 11.0. The smallest absolute Gasteiger partial charge is 0.171 e. The van der Waals surface area contributed by atoms with Crippen LogP contribution in [0.4, 0.5) is 13.2 Å². The number of fused-ring (bicyclic) bond motifs is 5. The SMILES string of the molecule is CC(=O)C=C(C)O.CC(=O)C=C(C)O.CC(=O)C=C(C)O.CC(C)(C)c1c[c-]c(-c2ccc3ccccc3n2)cc1.Cc1cc2ccccc2nc1-c1[c-]cc2ccccc2c1.Cc1cccc(C)c1-c1c[c-]c(-c2ccc3ccccc3n2)cc1.Fc1ccc2nc(-c3[c-]cccc3)cc(F)c2c1F.[Ir].[Ir].[Ir].[Ir]. The number of halogens is 3. The number of pyridine rings is 4. The van der Waals surface area contributed by atoms with E-state index < -0.39 is 22.8 Å². The van der Waals surface area contributed by atoms with Crippen molar-refractivity contribution in [3.05, 3.63) is 336 Å². The molecule has 4 aromatic heterocycles. The third kappa shape index (κ3) is 27.3. The summed E-state index contributed by atoms with van der Waals surface area (Å²) in [7, 11) is 0. The van der Waals surface area contributed by atoms with Gasteiger partial charge in [0.1, 0.15) is 5.82 Å². The first kappa shape index (κ1) is 91.5. The predicted octanol–water partition coefficient (Wildman–Crippen LogP) is 23.4. The number of hydrogen-bond donors (Lipinski definition) is 3. The number of benzene rings is 10. The van der Waals surface area contributed by atoms with Crippen molar-refractivity contribution in [1.29, 1.82) is 0 Å². The third-order valence-electron chi connectivity index (χ3n) is 15.9. The van der Waals surface area contributed by atoms with E-state index in [9.17, 15) is 27.6 Å². The van der Waals surface area contributed by atoms with E-state index in [1.54, 1.807) is 24.3 Å². The fraction of sp³-hybridized carbons (Fsp3) is 0.141. The van der Waals surface area contributed by atoms with Gasteiger partial charge in [0.05, 0.1) is 44.7 Å². The van der Waals surface area contributed by atoms with Crippen LogP contribution in [0.5, 0.6) is 0 Å². The zero-order chi connectivity index (χ0) is 75.9. The number of ketones is 3. The summed E-state index contributed by atoms with van der Waals surface area (Å²) in [6, 6.07) is 90.0. The quantitative estimate of drug-likeness (QED) is 0.0758. The van der Waals surface area contributed by atoms with Gasteiger partial charge in [-0.1, -0.05) is 181 Å². The van der Waals surface area contributed by atoms with Crippen LogP contribution in [0, 0.1) is 62.5 Å². The number of hydrogen-bond acceptors (Lipinski definition) is 10. The minimum Gasteiger partial charge on any atom is -0.512 e. The standard InChI is InChI=1S/C23H18N.C20H14N.C19H18N.C15H7F3N.3C5H8O2.4Ir/c1-16-6-5-7-17(2)23(16)20-12-10-19(11-13-20)22-15-14-18-8-3-4-9-21(18)24-22;1-14-12-17-8-4-5-9-19(17)21-20(14)18-11-10-15-6-2-3-7-16(15)13-18;1-19(2,3)16-11-8-15(9-12-16)18-13-10-14-6-4-5-7-17(14)20-18;16-10-6-7-12-14(15(10)18)11(17)8-13(19-12)9-4-2-1-3-5-9;3*1-4(6)3-5(2)7;;;;/h3-10,12-15H,1-2H3;2-10,12-13H,1H3;4-8,10-13H,1-3H3;1-4,6-8H;3*3,6H,1-2H3;;;;/q4*-1;;;;;;;. The van der Waals surface area contributed by atoms with Gasteiger partial charge >= 0.3 is 0 Å². The molecule has 10 aromatic carbocycles. The van der Waals surface area contributed by atoms with Crippen LogP contribution in [-0.4, -0.2) is 52.6 Å². The normalized spacial score (nSPS) is 10.8. The van der Waals surface area contributed by atoms with Crippen molar-refractivity contribution in [2.45, 2.75) is 88.5 Å². The number of carbonyl (C=O) groups is 3. The summed E-state index contributed by atoms with van der Waals surface area (Å²) < 4.78 is 40.5. The van der Waals surface area contributed by atoms with Gasteiger partial charge in [-0.15, -0.1) is 130 Å². The monoisotopic (exact) mass is 2170 g/mol. The van der Waals surface area contributed by atoms with E-state index in [0.29, 0.717) is 11.3 Å². The van der Waals surface area contributed by atoms with Crippen LogP contribution in [0.25, 0.3) is 111 Å². The second kappa shape index (κ2) is 43.9. The molecule has 0 atom stereocenters. The molecule has 0 saturated heterocycles. The van der Waals surface area contributed by atoms with Crippen LogP contribution in [-0.2, 0) is 100 Å². The number of para-hydroxylation sites is 3. The Morgan fingerprint density at radius 1 is 0.376 bits per heavy atom. The second-order valence-corrected chi connectivity index (χ2v) is 25.8. The molecule has 0 aliphatic rings. The van der Waals surface area contributed by atoms with Crippen LogP contribution in [0.1, 0.15) is 84.6 Å². The first-order chi connectivity index (χ1) is 50.1. The number of nitrogens with zero attached hydrogens (tertiary/aromatic N) is 4. The van der Waals surface area contributed by atoms with Crippen molar-refractivity contribution in [2.24, 2.45) is 0 Å². The van der Waals surface area contributed by atoms with Gasteiger partial charge in [0.15, 0.2) is 29.0 Å². The van der Waals surface area contributed by atoms with Crippen molar-refractivity contribution in [3.8, 4) is 56.2 Å². The Bertz CT molecular complexity index is 5400. The Kier molecular flexibility index (Phi) is 36.9. The Morgan fingerprint density at radius 3 is 1.28 bits per heavy atom. The first-order valence-electron chi connectivity index (χ1n) is 33.8. The topological polar surface area (TPSA) is 163 Å². The maximum atomic E-state index is 13.9. The van der Waals surface area contributed by atoms with Crippen molar-refractivity contribution in [3.63, 3.8) is 0 Å². The Labute approximate surface area is 689 Å². The molecular weight excluding hydrogens is 2080 g/mol. The van der Waals surface area contributed by atoms with E-state index in [-0.39, 0.29) is 126 Å². The van der Waals surface area contributed by atoms with E-state index in [4.69, 9.17) is 30.3 Å². The van der Waals surface area contributed by atoms with Gasteiger partial charge in [0, 0.05) is 98.6 Å². The number of aryl methyl sites for hydroxylation is 3. The van der Waals surface area contributed by atoms with Crippen molar-refractivity contribution in [1.82, 2.24) is 19.9 Å². The molecule has 0 saturated carbocycles. The molecule has 4 radical (unpaired) electrons. The number of allylic oxidation sites excluding steroid dienone is 6. The van der Waals surface area contributed by atoms with Gasteiger partial charge in [0.2, 0.25) is 0 Å². The number of aliphatic hydroxyl groups excluding tert-OH is 3. The molecule has 0 spiro atoms. The Morgan fingerprint density at radius 2 is 0.826 bits per heavy atom. The van der Waals surface area contributed by atoms with Crippen molar-refractivity contribution >= 4 is 71.7 Å². The maximum absolute atomic E-state index is 13.9. The summed E-state index contributed by atoms with van der Waals surface area (Å²) in [6.07, 6.45) is 3.50. The molecule has 0 aliphatic carbocycles. The number of aliphatic hydroxyl groups is 3. The molecule has 0 amide bonds. The van der Waals surface area contributed by atoms with Crippen LogP contribution in [0.2, 0.25) is 0 Å². The van der Waals surface area contributed by atoms with Gasteiger partial charge in [-0.2, -0.15) is 0 Å². The first-order valence-corrected chi connectivity index (χ1v) is 33.8. The van der Waals surface area contributed by atoms with E-state index in [0.717, 1.165) is 67.8 Å². The molecule has 17 heteroatoms. The molecule has 3 N–H and O–H groups in total. The molecule has 14 rings (SSSR count). The maximum Gasteiger partial charge on any atom is 0.171 e. The van der Waals surface area contributed by atoms with Crippen LogP contribution < -0.4 is 0 Å². The molecular formula is C92H81F3Ir4N4O6-4. The largest absolute Gasteiger partial charge is 0.512 e. The van der Waals surface area contributed by atoms with Gasteiger partial charge in [0.25, 0.3) is 0 Å². The zero-order valence-corrected chi connectivity index (χ0v) is 71.7. The number of aromatic nitrogens is 4. The van der Waals surface area contributed by atoms with E-state index in [1.807, 2.05) is 54.6 Å². The van der Waals surface area contributed by atoms with Crippen LogP contribution in [0.3, 0.4) is 0 Å². The van der Waals surface area contributed by atoms with Crippen LogP contribution in [0.15, 0.2) is 272 Å². The summed E-state index contributed by atoms with van der Waals surface area (Å²) in [4.78, 5) is 48.5. The Balaban J connectivity index is 0.000000279. The molecule has 0 unspecified atom stereocenters. The van der Waals surface area contributed by atoms with E-state index in [2.05, 4.69) is 210 Å². The average Bonchev–Trinajstić information content (AvgIpc) is 0.790. The van der Waals surface area contributed by atoms with Gasteiger partial charge in [-0.05, 0) is 143 Å².